The third-order valence-electron chi connectivity index (χ3n) is 3.41. The van der Waals surface area contributed by atoms with Gasteiger partial charge in [0, 0.05) is 4.88 Å². The minimum Gasteiger partial charge on any atom is -0.494 e. The zero-order valence-corrected chi connectivity index (χ0v) is 12.6. The number of ether oxygens (including phenoxy) is 1. The molecule has 1 aliphatic carbocycles. The van der Waals surface area contributed by atoms with Gasteiger partial charge in [0.15, 0.2) is 10.3 Å². The van der Waals surface area contributed by atoms with E-state index in [2.05, 4.69) is 21.4 Å². The van der Waals surface area contributed by atoms with E-state index < -0.39 is 0 Å². The number of rotatable bonds is 3. The van der Waals surface area contributed by atoms with Crippen LogP contribution in [0.15, 0.2) is 18.2 Å². The quantitative estimate of drug-likeness (QED) is 0.794. The molecule has 0 spiro atoms. The Morgan fingerprint density at radius 1 is 1.15 bits per heavy atom. The van der Waals surface area contributed by atoms with Crippen LogP contribution in [0.1, 0.15) is 17.0 Å². The van der Waals surface area contributed by atoms with Crippen molar-refractivity contribution in [3.05, 3.63) is 28.8 Å². The summed E-state index contributed by atoms with van der Waals surface area (Å²) in [7, 11) is 1.67. The van der Waals surface area contributed by atoms with Gasteiger partial charge in [-0.15, -0.1) is 11.3 Å². The number of aromatic nitrogens is 2. The van der Waals surface area contributed by atoms with E-state index in [1.54, 1.807) is 29.8 Å². The Bertz CT molecular complexity index is 756. The molecule has 102 valence electrons. The Morgan fingerprint density at radius 3 is 2.90 bits per heavy atom. The molecule has 0 saturated carbocycles. The first-order valence-electron chi connectivity index (χ1n) is 6.52. The molecule has 0 fully saturated rings. The number of anilines is 2. The number of hydrogen-bond acceptors (Lipinski definition) is 6. The molecule has 1 aromatic carbocycles. The Morgan fingerprint density at radius 2 is 2.05 bits per heavy atom. The lowest BCUT2D eigenvalue weighted by atomic mass is 10.3. The van der Waals surface area contributed by atoms with Crippen molar-refractivity contribution in [2.24, 2.45) is 0 Å². The molecule has 0 radical (unpaired) electrons. The maximum atomic E-state index is 5.34. The number of fused-ring (bicyclic) bond motifs is 2. The molecular weight excluding hydrogens is 290 g/mol. The second kappa shape index (κ2) is 4.71. The lowest BCUT2D eigenvalue weighted by Gasteiger charge is -1.98. The van der Waals surface area contributed by atoms with Crippen LogP contribution in [-0.4, -0.2) is 17.1 Å². The Balaban J connectivity index is 1.68. The molecule has 0 amide bonds. The molecule has 0 atom stereocenters. The normalized spacial score (nSPS) is 13.7. The lowest BCUT2D eigenvalue weighted by molar-refractivity contribution is 0.419. The van der Waals surface area contributed by atoms with Crippen LogP contribution < -0.4 is 10.1 Å². The monoisotopic (exact) mass is 303 g/mol. The molecule has 2 aromatic heterocycles. The fourth-order valence-electron chi connectivity index (χ4n) is 2.48. The summed E-state index contributed by atoms with van der Waals surface area (Å²) in [6, 6.07) is 5.98. The zero-order chi connectivity index (χ0) is 13.5. The number of thiazole rings is 2. The van der Waals surface area contributed by atoms with Crippen LogP contribution in [-0.2, 0) is 12.8 Å². The van der Waals surface area contributed by atoms with Gasteiger partial charge in [-0.25, -0.2) is 9.97 Å². The third-order valence-corrected chi connectivity index (χ3v) is 5.42. The highest BCUT2D eigenvalue weighted by Crippen LogP contribution is 2.36. The van der Waals surface area contributed by atoms with Gasteiger partial charge in [0.05, 0.1) is 17.5 Å². The molecule has 1 aliphatic rings. The van der Waals surface area contributed by atoms with Gasteiger partial charge in [-0.05, 0) is 31.4 Å². The summed E-state index contributed by atoms with van der Waals surface area (Å²) in [6.07, 6.45) is 3.52. The first kappa shape index (κ1) is 12.1. The van der Waals surface area contributed by atoms with Crippen LogP contribution in [0.5, 0.6) is 5.75 Å². The molecule has 20 heavy (non-hydrogen) atoms. The number of para-hydroxylation sites is 1. The van der Waals surface area contributed by atoms with Gasteiger partial charge in [0.2, 0.25) is 0 Å². The molecule has 0 unspecified atom stereocenters. The molecular formula is C14H13N3OS2. The lowest BCUT2D eigenvalue weighted by Crippen LogP contribution is -1.89. The van der Waals surface area contributed by atoms with Crippen molar-refractivity contribution in [1.29, 1.82) is 0 Å². The molecule has 4 rings (SSSR count). The van der Waals surface area contributed by atoms with Crippen LogP contribution in [0, 0.1) is 0 Å². The van der Waals surface area contributed by atoms with E-state index in [4.69, 9.17) is 4.74 Å². The molecule has 4 nitrogen and oxygen atoms in total. The highest BCUT2D eigenvalue weighted by atomic mass is 32.1. The van der Waals surface area contributed by atoms with Gasteiger partial charge < -0.3 is 10.1 Å². The summed E-state index contributed by atoms with van der Waals surface area (Å²) in [5.41, 5.74) is 2.17. The van der Waals surface area contributed by atoms with E-state index in [1.165, 1.54) is 23.4 Å². The van der Waals surface area contributed by atoms with Crippen LogP contribution >= 0.6 is 22.7 Å². The molecule has 0 aliphatic heterocycles. The van der Waals surface area contributed by atoms with Gasteiger partial charge in [-0.3, -0.25) is 0 Å². The van der Waals surface area contributed by atoms with Crippen molar-refractivity contribution in [2.45, 2.75) is 19.3 Å². The third kappa shape index (κ3) is 1.96. The summed E-state index contributed by atoms with van der Waals surface area (Å²) < 4.78 is 6.47. The van der Waals surface area contributed by atoms with Crippen molar-refractivity contribution < 1.29 is 4.74 Å². The number of nitrogens with zero attached hydrogens (tertiary/aromatic N) is 2. The number of nitrogens with one attached hydrogen (secondary N) is 1. The Hall–Kier alpha value is -1.66. The van der Waals surface area contributed by atoms with Crippen molar-refractivity contribution >= 4 is 43.2 Å². The molecule has 2 heterocycles. The number of hydrogen-bond donors (Lipinski definition) is 1. The van der Waals surface area contributed by atoms with E-state index in [0.717, 1.165) is 32.7 Å². The Labute approximate surface area is 124 Å². The molecule has 0 saturated heterocycles. The van der Waals surface area contributed by atoms with Crippen LogP contribution in [0.3, 0.4) is 0 Å². The first-order valence-corrected chi connectivity index (χ1v) is 8.16. The number of methoxy groups -OCH3 is 1. The topological polar surface area (TPSA) is 47.0 Å². The summed E-state index contributed by atoms with van der Waals surface area (Å²) in [6.45, 7) is 0. The minimum absolute atomic E-state index is 0.813. The van der Waals surface area contributed by atoms with Gasteiger partial charge in [-0.2, -0.15) is 0 Å². The number of benzene rings is 1. The average molecular weight is 303 g/mol. The predicted molar refractivity (Wildman–Crippen MR) is 83.6 cm³/mol. The standard InChI is InChI=1S/C14H13N3OS2/c1-18-9-5-3-7-11-12(9)16-14(20-11)17-13-15-8-4-2-6-10(8)19-13/h3,5,7H,2,4,6H2,1H3,(H,15,16,17). The molecule has 1 N–H and O–H groups in total. The number of aryl methyl sites for hydroxylation is 2. The van der Waals surface area contributed by atoms with E-state index in [1.807, 2.05) is 12.1 Å². The van der Waals surface area contributed by atoms with Crippen molar-refractivity contribution in [2.75, 3.05) is 12.4 Å². The highest BCUT2D eigenvalue weighted by molar-refractivity contribution is 7.22. The van der Waals surface area contributed by atoms with E-state index >= 15 is 0 Å². The maximum Gasteiger partial charge on any atom is 0.190 e. The van der Waals surface area contributed by atoms with Crippen molar-refractivity contribution in [3.8, 4) is 5.75 Å². The maximum absolute atomic E-state index is 5.34. The van der Waals surface area contributed by atoms with E-state index in [0.29, 0.717) is 0 Å². The molecule has 0 bridgehead atoms. The SMILES string of the molecule is COc1cccc2sc(Nc3nc4c(s3)CCC4)nc12. The van der Waals surface area contributed by atoms with E-state index in [9.17, 15) is 0 Å². The van der Waals surface area contributed by atoms with Crippen LogP contribution in [0.25, 0.3) is 10.2 Å². The Kier molecular flexibility index (Phi) is 2.85. The largest absolute Gasteiger partial charge is 0.494 e. The summed E-state index contributed by atoms with van der Waals surface area (Å²) >= 11 is 3.38. The van der Waals surface area contributed by atoms with Gasteiger partial charge in [0.1, 0.15) is 11.3 Å². The van der Waals surface area contributed by atoms with Gasteiger partial charge in [-0.1, -0.05) is 17.4 Å². The summed E-state index contributed by atoms with van der Waals surface area (Å²) in [5.74, 6) is 0.813. The first-order chi connectivity index (χ1) is 9.83. The smallest absolute Gasteiger partial charge is 0.190 e. The highest BCUT2D eigenvalue weighted by Gasteiger charge is 2.17. The fraction of sp³-hybridized carbons (Fsp3) is 0.286. The average Bonchev–Trinajstić information content (AvgIpc) is 3.11. The summed E-state index contributed by atoms with van der Waals surface area (Å²) in [5, 5.41) is 5.16. The predicted octanol–water partition coefficient (Wildman–Crippen LogP) is 3.99. The van der Waals surface area contributed by atoms with E-state index in [-0.39, 0.29) is 0 Å². The zero-order valence-electron chi connectivity index (χ0n) is 11.0. The van der Waals surface area contributed by atoms with Gasteiger partial charge >= 0.3 is 0 Å². The van der Waals surface area contributed by atoms with Gasteiger partial charge in [0.25, 0.3) is 0 Å². The van der Waals surface area contributed by atoms with Crippen molar-refractivity contribution in [3.63, 3.8) is 0 Å². The fourth-order valence-corrected chi connectivity index (χ4v) is 4.47. The summed E-state index contributed by atoms with van der Waals surface area (Å²) in [4.78, 5) is 10.7. The second-order valence-corrected chi connectivity index (χ2v) is 6.81. The van der Waals surface area contributed by atoms with Crippen LogP contribution in [0.2, 0.25) is 0 Å². The van der Waals surface area contributed by atoms with Crippen molar-refractivity contribution in [1.82, 2.24) is 9.97 Å². The molecule has 6 heteroatoms. The molecule has 3 aromatic rings. The minimum atomic E-state index is 0.813. The second-order valence-electron chi connectivity index (χ2n) is 4.69. The van der Waals surface area contributed by atoms with Crippen LogP contribution in [0.4, 0.5) is 10.3 Å².